The summed E-state index contributed by atoms with van der Waals surface area (Å²) >= 11 is 0. The minimum atomic E-state index is -1.01. The normalized spacial score (nSPS) is 15.0. The van der Waals surface area contributed by atoms with E-state index in [4.69, 9.17) is 14.6 Å². The number of aliphatic carboxylic acids is 1. The highest BCUT2D eigenvalue weighted by Gasteiger charge is 2.29. The number of carbonyl (C=O) groups is 3. The fourth-order valence-electron chi connectivity index (χ4n) is 3.99. The van der Waals surface area contributed by atoms with Gasteiger partial charge in [0.05, 0.1) is 18.4 Å². The van der Waals surface area contributed by atoms with Gasteiger partial charge in [-0.25, -0.2) is 4.79 Å². The Balaban J connectivity index is 1.51. The van der Waals surface area contributed by atoms with Crippen LogP contribution in [0.2, 0.25) is 0 Å². The maximum Gasteiger partial charge on any atom is 0.407 e. The van der Waals surface area contributed by atoms with Gasteiger partial charge in [-0.05, 0) is 29.2 Å². The van der Waals surface area contributed by atoms with Crippen LogP contribution >= 0.6 is 0 Å². The highest BCUT2D eigenvalue weighted by Crippen LogP contribution is 2.44. The zero-order valence-electron chi connectivity index (χ0n) is 19.0. The van der Waals surface area contributed by atoms with Crippen molar-refractivity contribution in [1.29, 1.82) is 0 Å². The predicted octanol–water partition coefficient (Wildman–Crippen LogP) is 3.16. The number of amides is 2. The van der Waals surface area contributed by atoms with Crippen molar-refractivity contribution in [2.24, 2.45) is 5.92 Å². The summed E-state index contributed by atoms with van der Waals surface area (Å²) in [7, 11) is 1.39. The van der Waals surface area contributed by atoms with Crippen molar-refractivity contribution in [3.8, 4) is 11.1 Å². The van der Waals surface area contributed by atoms with Crippen molar-refractivity contribution < 1.29 is 29.0 Å². The van der Waals surface area contributed by atoms with Gasteiger partial charge >= 0.3 is 12.1 Å². The van der Waals surface area contributed by atoms with E-state index >= 15 is 0 Å². The lowest BCUT2D eigenvalue weighted by Gasteiger charge is -2.22. The molecule has 0 aromatic heterocycles. The SMILES string of the molecule is COC(CNC(=O)C(C)C(C)NC(=O)OCC1c2ccccc2-c2ccccc21)CC(=O)O. The van der Waals surface area contributed by atoms with E-state index in [0.29, 0.717) is 0 Å². The van der Waals surface area contributed by atoms with Gasteiger partial charge in [0.1, 0.15) is 6.61 Å². The number of benzene rings is 2. The second kappa shape index (κ2) is 11.0. The van der Waals surface area contributed by atoms with Crippen LogP contribution in [0.4, 0.5) is 4.79 Å². The lowest BCUT2D eigenvalue weighted by atomic mass is 9.98. The Morgan fingerprint density at radius 1 is 1.00 bits per heavy atom. The molecule has 0 bridgehead atoms. The molecule has 3 rings (SSSR count). The molecule has 0 aliphatic heterocycles. The fourth-order valence-corrected chi connectivity index (χ4v) is 3.99. The van der Waals surface area contributed by atoms with Gasteiger partial charge in [0, 0.05) is 25.6 Å². The Morgan fingerprint density at radius 3 is 2.12 bits per heavy atom. The molecule has 8 heteroatoms. The molecule has 0 radical (unpaired) electrons. The van der Waals surface area contributed by atoms with Crippen molar-refractivity contribution in [2.45, 2.75) is 38.3 Å². The Labute approximate surface area is 193 Å². The van der Waals surface area contributed by atoms with Crippen molar-refractivity contribution in [2.75, 3.05) is 20.3 Å². The van der Waals surface area contributed by atoms with E-state index in [1.54, 1.807) is 13.8 Å². The summed E-state index contributed by atoms with van der Waals surface area (Å²) in [5.41, 5.74) is 4.55. The van der Waals surface area contributed by atoms with Crippen LogP contribution in [0.5, 0.6) is 0 Å². The first kappa shape index (κ1) is 24.3. The third kappa shape index (κ3) is 5.90. The van der Waals surface area contributed by atoms with Crippen LogP contribution in [0, 0.1) is 5.92 Å². The quantitative estimate of drug-likeness (QED) is 0.508. The first-order valence-corrected chi connectivity index (χ1v) is 11.0. The lowest BCUT2D eigenvalue weighted by Crippen LogP contribution is -2.46. The van der Waals surface area contributed by atoms with Crippen molar-refractivity contribution in [1.82, 2.24) is 10.6 Å². The Kier molecular flexibility index (Phi) is 8.06. The summed E-state index contributed by atoms with van der Waals surface area (Å²) in [5.74, 6) is -1.91. The van der Waals surface area contributed by atoms with Crippen LogP contribution in [0.15, 0.2) is 48.5 Å². The molecule has 0 spiro atoms. The smallest absolute Gasteiger partial charge is 0.407 e. The Morgan fingerprint density at radius 2 is 1.58 bits per heavy atom. The minimum absolute atomic E-state index is 0.0422. The van der Waals surface area contributed by atoms with E-state index in [9.17, 15) is 14.4 Å². The number of rotatable bonds is 10. The third-order valence-electron chi connectivity index (χ3n) is 6.09. The number of carbonyl (C=O) groups excluding carboxylic acids is 2. The third-order valence-corrected chi connectivity index (χ3v) is 6.09. The van der Waals surface area contributed by atoms with Crippen LogP contribution in [0.1, 0.15) is 37.3 Å². The van der Waals surface area contributed by atoms with Gasteiger partial charge in [0.25, 0.3) is 0 Å². The van der Waals surface area contributed by atoms with E-state index in [-0.39, 0.29) is 31.4 Å². The first-order chi connectivity index (χ1) is 15.8. The summed E-state index contributed by atoms with van der Waals surface area (Å²) in [5, 5.41) is 14.3. The summed E-state index contributed by atoms with van der Waals surface area (Å²) in [6, 6.07) is 15.7. The van der Waals surface area contributed by atoms with Gasteiger partial charge in [-0.1, -0.05) is 55.5 Å². The summed E-state index contributed by atoms with van der Waals surface area (Å²) in [6.45, 7) is 3.67. The molecule has 33 heavy (non-hydrogen) atoms. The van der Waals surface area contributed by atoms with Crippen LogP contribution in [0.3, 0.4) is 0 Å². The van der Waals surface area contributed by atoms with E-state index in [0.717, 1.165) is 22.3 Å². The van der Waals surface area contributed by atoms with E-state index in [1.165, 1.54) is 7.11 Å². The summed E-state index contributed by atoms with van der Waals surface area (Å²) in [6.07, 6.45) is -1.42. The molecule has 0 saturated carbocycles. The number of carboxylic acids is 1. The molecular weight excluding hydrogens is 424 g/mol. The topological polar surface area (TPSA) is 114 Å². The zero-order valence-corrected chi connectivity index (χ0v) is 19.0. The van der Waals surface area contributed by atoms with Crippen LogP contribution in [0.25, 0.3) is 11.1 Å². The highest BCUT2D eigenvalue weighted by atomic mass is 16.5. The molecule has 0 saturated heterocycles. The maximum atomic E-state index is 12.4. The summed E-state index contributed by atoms with van der Waals surface area (Å²) < 4.78 is 10.6. The fraction of sp³-hybridized carbons (Fsp3) is 0.400. The number of fused-ring (bicyclic) bond motifs is 3. The Hall–Kier alpha value is -3.39. The van der Waals surface area contributed by atoms with Crippen LogP contribution in [-0.4, -0.2) is 55.5 Å². The Bertz CT molecular complexity index is 962. The molecule has 2 amide bonds. The molecule has 176 valence electrons. The zero-order chi connectivity index (χ0) is 24.0. The van der Waals surface area contributed by atoms with Gasteiger partial charge in [0.2, 0.25) is 5.91 Å². The molecule has 0 heterocycles. The van der Waals surface area contributed by atoms with Crippen molar-refractivity contribution in [3.63, 3.8) is 0 Å². The second-order valence-corrected chi connectivity index (χ2v) is 8.25. The minimum Gasteiger partial charge on any atom is -0.481 e. The number of hydrogen-bond donors (Lipinski definition) is 3. The molecule has 1 aliphatic carbocycles. The molecule has 3 unspecified atom stereocenters. The molecule has 1 aliphatic rings. The molecule has 0 fully saturated rings. The molecule has 2 aromatic carbocycles. The van der Waals surface area contributed by atoms with Crippen LogP contribution in [-0.2, 0) is 19.1 Å². The van der Waals surface area contributed by atoms with Gasteiger partial charge in [-0.15, -0.1) is 0 Å². The van der Waals surface area contributed by atoms with Crippen molar-refractivity contribution >= 4 is 18.0 Å². The average molecular weight is 455 g/mol. The maximum absolute atomic E-state index is 12.4. The molecular formula is C25H30N2O6. The molecule has 3 atom stereocenters. The van der Waals surface area contributed by atoms with E-state index < -0.39 is 30.1 Å². The monoisotopic (exact) mass is 454 g/mol. The summed E-state index contributed by atoms with van der Waals surface area (Å²) in [4.78, 5) is 35.7. The number of ether oxygens (including phenoxy) is 2. The number of alkyl carbamates (subject to hydrolysis) is 1. The number of carboxylic acid groups (broad SMARTS) is 1. The van der Waals surface area contributed by atoms with Gasteiger partial charge in [0.15, 0.2) is 0 Å². The highest BCUT2D eigenvalue weighted by molar-refractivity contribution is 5.80. The van der Waals surface area contributed by atoms with Gasteiger partial charge < -0.3 is 25.2 Å². The first-order valence-electron chi connectivity index (χ1n) is 11.0. The number of nitrogens with one attached hydrogen (secondary N) is 2. The van der Waals surface area contributed by atoms with Gasteiger partial charge in [-0.3, -0.25) is 9.59 Å². The molecule has 2 aromatic rings. The predicted molar refractivity (Wildman–Crippen MR) is 123 cm³/mol. The second-order valence-electron chi connectivity index (χ2n) is 8.25. The van der Waals surface area contributed by atoms with Crippen LogP contribution < -0.4 is 10.6 Å². The van der Waals surface area contributed by atoms with Crippen molar-refractivity contribution in [3.05, 3.63) is 59.7 Å². The van der Waals surface area contributed by atoms with Gasteiger partial charge in [-0.2, -0.15) is 0 Å². The average Bonchev–Trinajstić information content (AvgIpc) is 3.13. The largest absolute Gasteiger partial charge is 0.481 e. The number of hydrogen-bond acceptors (Lipinski definition) is 5. The standard InChI is InChI=1S/C25H30N2O6/c1-15(24(30)26-13-17(32-3)12-23(28)29)16(2)27-25(31)33-14-22-20-10-6-4-8-18(20)19-9-5-7-11-21(19)22/h4-11,15-17,22H,12-14H2,1-3H3,(H,26,30)(H,27,31)(H,28,29). The molecule has 3 N–H and O–H groups in total. The lowest BCUT2D eigenvalue weighted by molar-refractivity contribution is -0.140. The molecule has 8 nitrogen and oxygen atoms in total. The number of methoxy groups -OCH3 is 1. The van der Waals surface area contributed by atoms with E-state index in [1.807, 2.05) is 36.4 Å². The van der Waals surface area contributed by atoms with E-state index in [2.05, 4.69) is 22.8 Å².